The second-order valence-corrected chi connectivity index (χ2v) is 10.3. The smallest absolute Gasteiger partial charge is 0.246 e. The molecule has 2 fully saturated rings. The summed E-state index contributed by atoms with van der Waals surface area (Å²) in [6.07, 6.45) is 7.39. The molecule has 176 valence electrons. The lowest BCUT2D eigenvalue weighted by molar-refractivity contribution is -0.132. The number of amides is 2. The maximum Gasteiger partial charge on any atom is 0.246 e. The van der Waals surface area contributed by atoms with Gasteiger partial charge < -0.3 is 10.2 Å². The maximum absolute atomic E-state index is 13.0. The summed E-state index contributed by atoms with van der Waals surface area (Å²) in [6.45, 7) is 6.44. The Balaban J connectivity index is 1.26. The third-order valence-corrected chi connectivity index (χ3v) is 7.97. The van der Waals surface area contributed by atoms with Crippen molar-refractivity contribution in [3.8, 4) is 0 Å². The van der Waals surface area contributed by atoms with Crippen molar-refractivity contribution in [3.63, 3.8) is 0 Å². The summed E-state index contributed by atoms with van der Waals surface area (Å²) in [4.78, 5) is 31.2. The fourth-order valence-corrected chi connectivity index (χ4v) is 5.63. The number of likely N-dealkylation sites (tertiary alicyclic amines) is 2. The lowest BCUT2D eigenvalue weighted by Gasteiger charge is -2.37. The zero-order valence-electron chi connectivity index (χ0n) is 19.5. The Hall–Kier alpha value is -2.44. The van der Waals surface area contributed by atoms with Gasteiger partial charge in [-0.05, 0) is 67.8 Å². The van der Waals surface area contributed by atoms with Gasteiger partial charge in [0, 0.05) is 36.5 Å². The minimum Gasteiger partial charge on any atom is -0.354 e. The Kier molecular flexibility index (Phi) is 8.35. The van der Waals surface area contributed by atoms with Gasteiger partial charge in [-0.15, -0.1) is 11.3 Å². The third-order valence-electron chi connectivity index (χ3n) is 7.00. The van der Waals surface area contributed by atoms with Gasteiger partial charge in [0.2, 0.25) is 11.8 Å². The van der Waals surface area contributed by atoms with Crippen molar-refractivity contribution < 1.29 is 9.59 Å². The van der Waals surface area contributed by atoms with Crippen LogP contribution in [-0.4, -0.2) is 54.3 Å². The van der Waals surface area contributed by atoms with Gasteiger partial charge in [0.1, 0.15) is 0 Å². The molecule has 2 amide bonds. The molecule has 3 heterocycles. The first kappa shape index (κ1) is 23.7. The predicted molar refractivity (Wildman–Crippen MR) is 135 cm³/mol. The highest BCUT2D eigenvalue weighted by atomic mass is 32.1. The zero-order valence-corrected chi connectivity index (χ0v) is 20.3. The molecule has 4 rings (SSSR count). The molecule has 33 heavy (non-hydrogen) atoms. The van der Waals surface area contributed by atoms with Crippen molar-refractivity contribution in [3.05, 3.63) is 64.4 Å². The monoisotopic (exact) mass is 465 g/mol. The summed E-state index contributed by atoms with van der Waals surface area (Å²) in [5.74, 6) is 0.927. The number of carbonyl (C=O) groups excluding carboxylic acids is 2. The van der Waals surface area contributed by atoms with E-state index in [1.54, 1.807) is 17.4 Å². The number of thiophene rings is 1. The summed E-state index contributed by atoms with van der Waals surface area (Å²) < 4.78 is 0. The van der Waals surface area contributed by atoms with Gasteiger partial charge in [-0.2, -0.15) is 0 Å². The number of nitrogens with one attached hydrogen (secondary N) is 1. The molecule has 6 heteroatoms. The lowest BCUT2D eigenvalue weighted by atomic mass is 9.95. The van der Waals surface area contributed by atoms with Crippen LogP contribution < -0.4 is 5.32 Å². The normalized spacial score (nSPS) is 19.6. The first-order valence-electron chi connectivity index (χ1n) is 12.2. The molecule has 1 unspecified atom stereocenters. The largest absolute Gasteiger partial charge is 0.354 e. The quantitative estimate of drug-likeness (QED) is 0.609. The number of hydrogen-bond acceptors (Lipinski definition) is 4. The van der Waals surface area contributed by atoms with Crippen LogP contribution in [0.3, 0.4) is 0 Å². The molecule has 0 aliphatic carbocycles. The number of hydrogen-bond donors (Lipinski definition) is 1. The van der Waals surface area contributed by atoms with Crippen LogP contribution in [0.1, 0.15) is 49.1 Å². The van der Waals surface area contributed by atoms with Crippen LogP contribution in [0.5, 0.6) is 0 Å². The fraction of sp³-hybridized carbons (Fsp3) is 0.481. The van der Waals surface area contributed by atoms with E-state index in [4.69, 9.17) is 0 Å². The van der Waals surface area contributed by atoms with Crippen LogP contribution in [0.4, 0.5) is 0 Å². The number of nitrogens with zero attached hydrogens (tertiary/aromatic N) is 2. The van der Waals surface area contributed by atoms with Crippen molar-refractivity contribution in [1.82, 2.24) is 15.1 Å². The van der Waals surface area contributed by atoms with E-state index in [2.05, 4.69) is 34.7 Å². The summed E-state index contributed by atoms with van der Waals surface area (Å²) >= 11 is 1.78. The molecular weight excluding hydrogens is 430 g/mol. The van der Waals surface area contributed by atoms with Gasteiger partial charge in [0.15, 0.2) is 0 Å². The molecular formula is C27H35N3O2S. The number of rotatable bonds is 7. The Bertz CT molecular complexity index is 912. The van der Waals surface area contributed by atoms with Crippen LogP contribution in [0.15, 0.2) is 53.9 Å². The Labute approximate surface area is 201 Å². The van der Waals surface area contributed by atoms with Crippen LogP contribution in [0, 0.1) is 11.8 Å². The summed E-state index contributed by atoms with van der Waals surface area (Å²) in [5.41, 5.74) is 1.02. The summed E-state index contributed by atoms with van der Waals surface area (Å²) in [6, 6.07) is 14.4. The second-order valence-electron chi connectivity index (χ2n) is 9.34. The highest BCUT2D eigenvalue weighted by Gasteiger charge is 2.29. The Morgan fingerprint density at radius 2 is 1.76 bits per heavy atom. The lowest BCUT2D eigenvalue weighted by Crippen LogP contribution is -2.45. The number of benzene rings is 1. The molecule has 5 nitrogen and oxygen atoms in total. The standard InChI is InChI=1S/C27H35N3O2S/c1-21-11-15-29(16-12-21)24(25-8-5-19-33-25)20-28-27(32)23-13-17-30(18-14-23)26(31)10-9-22-6-3-2-4-7-22/h2-10,19,21,23-24H,11-18,20H2,1H3,(H,28,32). The van der Waals surface area contributed by atoms with E-state index in [1.165, 1.54) is 17.7 Å². The molecule has 0 saturated carbocycles. The van der Waals surface area contributed by atoms with Gasteiger partial charge in [0.25, 0.3) is 0 Å². The van der Waals surface area contributed by atoms with E-state index in [-0.39, 0.29) is 23.8 Å². The molecule has 2 saturated heterocycles. The van der Waals surface area contributed by atoms with Crippen molar-refractivity contribution >= 4 is 29.2 Å². The molecule has 0 radical (unpaired) electrons. The Morgan fingerprint density at radius 3 is 2.42 bits per heavy atom. The van der Waals surface area contributed by atoms with E-state index in [0.717, 1.165) is 37.4 Å². The first-order valence-corrected chi connectivity index (χ1v) is 13.1. The van der Waals surface area contributed by atoms with E-state index in [0.29, 0.717) is 19.6 Å². The summed E-state index contributed by atoms with van der Waals surface area (Å²) in [7, 11) is 0. The van der Waals surface area contributed by atoms with E-state index < -0.39 is 0 Å². The molecule has 2 aliphatic rings. The average Bonchev–Trinajstić information content (AvgIpc) is 3.39. The molecule has 2 aromatic rings. The predicted octanol–water partition coefficient (Wildman–Crippen LogP) is 4.59. The Morgan fingerprint density at radius 1 is 1.03 bits per heavy atom. The third kappa shape index (κ3) is 6.55. The topological polar surface area (TPSA) is 52.7 Å². The zero-order chi connectivity index (χ0) is 23.0. The van der Waals surface area contributed by atoms with Crippen LogP contribution >= 0.6 is 11.3 Å². The number of piperidine rings is 2. The minimum atomic E-state index is -0.0162. The molecule has 2 aliphatic heterocycles. The van der Waals surface area contributed by atoms with Crippen LogP contribution in [0.25, 0.3) is 6.08 Å². The van der Waals surface area contributed by atoms with Crippen LogP contribution in [0.2, 0.25) is 0 Å². The SMILES string of the molecule is CC1CCN(C(CNC(=O)C2CCN(C(=O)C=Cc3ccccc3)CC2)c2cccs2)CC1. The van der Waals surface area contributed by atoms with Crippen molar-refractivity contribution in [2.45, 2.75) is 38.6 Å². The highest BCUT2D eigenvalue weighted by molar-refractivity contribution is 7.10. The maximum atomic E-state index is 13.0. The van der Waals surface area contributed by atoms with E-state index >= 15 is 0 Å². The molecule has 1 N–H and O–H groups in total. The number of carbonyl (C=O) groups is 2. The van der Waals surface area contributed by atoms with Gasteiger partial charge in [0.05, 0.1) is 6.04 Å². The average molecular weight is 466 g/mol. The second kappa shape index (κ2) is 11.6. The van der Waals surface area contributed by atoms with Crippen molar-refractivity contribution in [1.29, 1.82) is 0 Å². The van der Waals surface area contributed by atoms with Gasteiger partial charge in [-0.1, -0.05) is 43.3 Å². The fourth-order valence-electron chi connectivity index (χ4n) is 4.77. The van der Waals surface area contributed by atoms with Gasteiger partial charge >= 0.3 is 0 Å². The van der Waals surface area contributed by atoms with Crippen molar-refractivity contribution in [2.24, 2.45) is 11.8 Å². The molecule has 1 aromatic heterocycles. The molecule has 0 spiro atoms. The van der Waals surface area contributed by atoms with Crippen LogP contribution in [-0.2, 0) is 9.59 Å². The highest BCUT2D eigenvalue weighted by Crippen LogP contribution is 2.29. The molecule has 1 aromatic carbocycles. The first-order chi connectivity index (χ1) is 16.1. The van der Waals surface area contributed by atoms with E-state index in [1.807, 2.05) is 41.3 Å². The van der Waals surface area contributed by atoms with E-state index in [9.17, 15) is 9.59 Å². The van der Waals surface area contributed by atoms with Gasteiger partial charge in [-0.3, -0.25) is 14.5 Å². The molecule has 1 atom stereocenters. The van der Waals surface area contributed by atoms with Gasteiger partial charge in [-0.25, -0.2) is 0 Å². The summed E-state index contributed by atoms with van der Waals surface area (Å²) in [5, 5.41) is 5.37. The minimum absolute atomic E-state index is 0.0162. The molecule has 0 bridgehead atoms. The van der Waals surface area contributed by atoms with Crippen molar-refractivity contribution in [2.75, 3.05) is 32.7 Å².